The molecule has 0 saturated carbocycles. The number of carbonyl (C=O) groups is 3. The number of hydrogen-bond acceptors (Lipinski definition) is 5. The number of aromatic amines is 1. The van der Waals surface area contributed by atoms with E-state index in [4.69, 9.17) is 4.74 Å². The normalized spacial score (nSPS) is 15.6. The molecule has 3 rings (SSSR count). The summed E-state index contributed by atoms with van der Waals surface area (Å²) in [4.78, 5) is 41.1. The molecule has 0 aliphatic carbocycles. The molecule has 6 nitrogen and oxygen atoms in total. The monoisotopic (exact) mass is 360 g/mol. The highest BCUT2D eigenvalue weighted by Gasteiger charge is 2.26. The number of rotatable bonds is 6. The molecule has 1 aromatic carbocycles. The van der Waals surface area contributed by atoms with E-state index in [2.05, 4.69) is 4.98 Å². The number of amides is 1. The first-order valence-electron chi connectivity index (χ1n) is 8.20. The van der Waals surface area contributed by atoms with Gasteiger partial charge in [0, 0.05) is 41.0 Å². The number of ether oxygens (including phenoxy) is 1. The van der Waals surface area contributed by atoms with Crippen molar-refractivity contribution in [1.29, 1.82) is 0 Å². The summed E-state index contributed by atoms with van der Waals surface area (Å²) in [7, 11) is 0. The Morgan fingerprint density at radius 3 is 2.84 bits per heavy atom. The smallest absolute Gasteiger partial charge is 0.308 e. The fraction of sp³-hybridized carbons (Fsp3) is 0.389. The van der Waals surface area contributed by atoms with Crippen molar-refractivity contribution in [3.8, 4) is 0 Å². The molecule has 1 aliphatic rings. The number of Topliss-reactive ketones (excluding diaryl/α,β-unsaturated/α-hetero) is 1. The molecule has 1 fully saturated rings. The number of carbonyl (C=O) groups excluding carboxylic acids is 3. The minimum absolute atomic E-state index is 0.00802. The van der Waals surface area contributed by atoms with Crippen molar-refractivity contribution >= 4 is 39.7 Å². The van der Waals surface area contributed by atoms with E-state index in [0.717, 1.165) is 22.3 Å². The molecule has 1 N–H and O–H groups in total. The second kappa shape index (κ2) is 7.31. The molecule has 1 saturated heterocycles. The predicted octanol–water partition coefficient (Wildman–Crippen LogP) is 3.15. The second-order valence-electron chi connectivity index (χ2n) is 6.02. The number of fused-ring (bicyclic) bond motifs is 1. The van der Waals surface area contributed by atoms with E-state index >= 15 is 0 Å². The largest absolute Gasteiger partial charge is 0.454 e. The SMILES string of the molecule is Cc1[nH]c2ccccc2c1C(=O)C(C)OC(=O)CCN1CCSC1=O. The van der Waals surface area contributed by atoms with Crippen LogP contribution in [0.25, 0.3) is 10.9 Å². The van der Waals surface area contributed by atoms with Crippen LogP contribution in [0.4, 0.5) is 4.79 Å². The van der Waals surface area contributed by atoms with Gasteiger partial charge in [0.05, 0.1) is 6.42 Å². The molecule has 7 heteroatoms. The molecular weight excluding hydrogens is 340 g/mol. The van der Waals surface area contributed by atoms with E-state index in [1.54, 1.807) is 11.8 Å². The summed E-state index contributed by atoms with van der Waals surface area (Å²) in [6.07, 6.45) is -0.773. The Hall–Kier alpha value is -2.28. The first-order chi connectivity index (χ1) is 12.0. The van der Waals surface area contributed by atoms with Gasteiger partial charge >= 0.3 is 5.97 Å². The molecule has 1 amide bonds. The molecule has 0 bridgehead atoms. The van der Waals surface area contributed by atoms with Crippen molar-refractivity contribution in [3.05, 3.63) is 35.5 Å². The van der Waals surface area contributed by atoms with E-state index in [1.807, 2.05) is 31.2 Å². The number of para-hydroxylation sites is 1. The van der Waals surface area contributed by atoms with Gasteiger partial charge in [0.2, 0.25) is 5.78 Å². The van der Waals surface area contributed by atoms with Crippen molar-refractivity contribution in [2.45, 2.75) is 26.4 Å². The Balaban J connectivity index is 1.63. The van der Waals surface area contributed by atoms with Crippen molar-refractivity contribution < 1.29 is 19.1 Å². The number of aromatic nitrogens is 1. The van der Waals surface area contributed by atoms with Crippen LogP contribution >= 0.6 is 11.8 Å². The van der Waals surface area contributed by atoms with E-state index in [1.165, 1.54) is 11.8 Å². The molecule has 1 aromatic heterocycles. The minimum atomic E-state index is -0.867. The van der Waals surface area contributed by atoms with Crippen LogP contribution in [-0.4, -0.2) is 51.8 Å². The minimum Gasteiger partial charge on any atom is -0.454 e. The highest BCUT2D eigenvalue weighted by atomic mass is 32.2. The first-order valence-corrected chi connectivity index (χ1v) is 9.18. The van der Waals surface area contributed by atoms with Gasteiger partial charge in [-0.2, -0.15) is 0 Å². The number of esters is 1. The number of H-pyrrole nitrogens is 1. The van der Waals surface area contributed by atoms with Crippen molar-refractivity contribution in [1.82, 2.24) is 9.88 Å². The van der Waals surface area contributed by atoms with Crippen LogP contribution in [0.2, 0.25) is 0 Å². The highest BCUT2D eigenvalue weighted by molar-refractivity contribution is 8.13. The summed E-state index contributed by atoms with van der Waals surface area (Å²) in [6, 6.07) is 7.54. The number of benzene rings is 1. The van der Waals surface area contributed by atoms with Crippen LogP contribution in [0.1, 0.15) is 29.4 Å². The lowest BCUT2D eigenvalue weighted by Gasteiger charge is -2.16. The lowest BCUT2D eigenvalue weighted by atomic mass is 10.0. The fourth-order valence-electron chi connectivity index (χ4n) is 2.96. The second-order valence-corrected chi connectivity index (χ2v) is 7.06. The van der Waals surface area contributed by atoms with E-state index in [-0.39, 0.29) is 17.4 Å². The number of ketones is 1. The Morgan fingerprint density at radius 2 is 2.12 bits per heavy atom. The molecule has 25 heavy (non-hydrogen) atoms. The highest BCUT2D eigenvalue weighted by Crippen LogP contribution is 2.24. The summed E-state index contributed by atoms with van der Waals surface area (Å²) in [5.74, 6) is 0.0574. The van der Waals surface area contributed by atoms with Crippen LogP contribution < -0.4 is 0 Å². The summed E-state index contributed by atoms with van der Waals surface area (Å²) >= 11 is 1.25. The molecule has 0 radical (unpaired) electrons. The Bertz CT molecular complexity index is 830. The maximum Gasteiger partial charge on any atom is 0.308 e. The number of nitrogens with zero attached hydrogens (tertiary/aromatic N) is 1. The molecule has 1 atom stereocenters. The quantitative estimate of drug-likeness (QED) is 0.632. The van der Waals surface area contributed by atoms with Crippen LogP contribution in [0, 0.1) is 6.92 Å². The van der Waals surface area contributed by atoms with Crippen LogP contribution in [0.15, 0.2) is 24.3 Å². The summed E-state index contributed by atoms with van der Waals surface area (Å²) in [5.41, 5.74) is 2.20. The third-order valence-electron chi connectivity index (χ3n) is 4.25. The summed E-state index contributed by atoms with van der Waals surface area (Å²) in [6.45, 7) is 4.40. The topological polar surface area (TPSA) is 79.5 Å². The van der Waals surface area contributed by atoms with Crippen molar-refractivity contribution in [2.75, 3.05) is 18.8 Å². The average Bonchev–Trinajstić information content (AvgIpc) is 3.14. The van der Waals surface area contributed by atoms with Gasteiger partial charge < -0.3 is 14.6 Å². The lowest BCUT2D eigenvalue weighted by molar-refractivity contribution is -0.146. The lowest BCUT2D eigenvalue weighted by Crippen LogP contribution is -2.29. The Kier molecular flexibility index (Phi) is 5.13. The van der Waals surface area contributed by atoms with E-state index in [0.29, 0.717) is 18.7 Å². The van der Waals surface area contributed by atoms with Crippen LogP contribution in [0.3, 0.4) is 0 Å². The molecular formula is C18H20N2O4S. The predicted molar refractivity (Wildman–Crippen MR) is 97.0 cm³/mol. The van der Waals surface area contributed by atoms with Gasteiger partial charge in [0.25, 0.3) is 5.24 Å². The third-order valence-corrected chi connectivity index (χ3v) is 5.14. The van der Waals surface area contributed by atoms with Gasteiger partial charge in [0.1, 0.15) is 0 Å². The van der Waals surface area contributed by atoms with Gasteiger partial charge in [-0.05, 0) is 19.9 Å². The molecule has 1 unspecified atom stereocenters. The third kappa shape index (κ3) is 3.71. The molecule has 2 heterocycles. The van der Waals surface area contributed by atoms with Gasteiger partial charge in [-0.15, -0.1) is 0 Å². The van der Waals surface area contributed by atoms with E-state index in [9.17, 15) is 14.4 Å². The van der Waals surface area contributed by atoms with Gasteiger partial charge in [0.15, 0.2) is 6.10 Å². The maximum absolute atomic E-state index is 12.7. The van der Waals surface area contributed by atoms with Gasteiger partial charge in [-0.3, -0.25) is 14.4 Å². The number of thioether (sulfide) groups is 1. The molecule has 2 aromatic rings. The first kappa shape index (κ1) is 17.5. The maximum atomic E-state index is 12.7. The number of nitrogens with one attached hydrogen (secondary N) is 1. The number of aryl methyl sites for hydroxylation is 1. The molecule has 0 spiro atoms. The summed E-state index contributed by atoms with van der Waals surface area (Å²) < 4.78 is 5.29. The molecule has 132 valence electrons. The number of hydrogen-bond donors (Lipinski definition) is 1. The van der Waals surface area contributed by atoms with E-state index < -0.39 is 12.1 Å². The fourth-order valence-corrected chi connectivity index (χ4v) is 3.81. The zero-order valence-corrected chi connectivity index (χ0v) is 15.0. The average molecular weight is 360 g/mol. The van der Waals surface area contributed by atoms with Gasteiger partial charge in [-0.25, -0.2) is 0 Å². The van der Waals surface area contributed by atoms with Gasteiger partial charge in [-0.1, -0.05) is 30.0 Å². The zero-order chi connectivity index (χ0) is 18.0. The standard InChI is InChI=1S/C18H20N2O4S/c1-11-16(13-5-3-4-6-14(13)19-11)17(22)12(2)24-15(21)7-8-20-9-10-25-18(20)23/h3-6,12,19H,7-10H2,1-2H3. The van der Waals surface area contributed by atoms with Crippen LogP contribution in [0.5, 0.6) is 0 Å². The van der Waals surface area contributed by atoms with Crippen molar-refractivity contribution in [2.24, 2.45) is 0 Å². The molecule has 1 aliphatic heterocycles. The van der Waals surface area contributed by atoms with Crippen molar-refractivity contribution in [3.63, 3.8) is 0 Å². The Morgan fingerprint density at radius 1 is 1.36 bits per heavy atom. The summed E-state index contributed by atoms with van der Waals surface area (Å²) in [5, 5.41) is 0.818. The zero-order valence-electron chi connectivity index (χ0n) is 14.2. The van der Waals surface area contributed by atoms with Crippen LogP contribution in [-0.2, 0) is 9.53 Å². The Labute approximate surface area is 149 Å².